The number of fused-ring (bicyclic) bond motifs is 4. The fourth-order valence-corrected chi connectivity index (χ4v) is 5.96. The van der Waals surface area contributed by atoms with Crippen molar-refractivity contribution >= 4 is 38.7 Å². The third-order valence-corrected chi connectivity index (χ3v) is 7.24. The Balaban J connectivity index is 1.65. The highest BCUT2D eigenvalue weighted by Gasteiger charge is 2.41. The van der Waals surface area contributed by atoms with Crippen LogP contribution in [0.1, 0.15) is 41.0 Å². The molecule has 3 heterocycles. The summed E-state index contributed by atoms with van der Waals surface area (Å²) in [5.74, 6) is 0.425. The number of anilines is 1. The van der Waals surface area contributed by atoms with Crippen molar-refractivity contribution in [3.63, 3.8) is 0 Å². The fraction of sp³-hybridized carbons (Fsp3) is 0.333. The van der Waals surface area contributed by atoms with Gasteiger partial charge in [-0.15, -0.1) is 11.3 Å². The Labute approximate surface area is 156 Å². The van der Waals surface area contributed by atoms with Crippen LogP contribution in [0, 0.1) is 12.8 Å². The SMILES string of the molecule is Cc1ccc2c(c1)[C@H]1OCCC[C@H]1[C@H](c1sc3ccccc3c1Cl)N2. The number of benzene rings is 2. The molecule has 1 saturated heterocycles. The molecular formula is C21H20ClNOS. The van der Waals surface area contributed by atoms with E-state index in [2.05, 4.69) is 54.7 Å². The number of aryl methyl sites for hydroxylation is 1. The summed E-state index contributed by atoms with van der Waals surface area (Å²) >= 11 is 8.62. The van der Waals surface area contributed by atoms with Gasteiger partial charge in [-0.05, 0) is 31.9 Å². The molecule has 3 atom stereocenters. The molecule has 25 heavy (non-hydrogen) atoms. The molecule has 0 aliphatic carbocycles. The molecule has 0 saturated carbocycles. The summed E-state index contributed by atoms with van der Waals surface area (Å²) in [5.41, 5.74) is 3.78. The molecule has 1 fully saturated rings. The van der Waals surface area contributed by atoms with Crippen LogP contribution in [0.15, 0.2) is 42.5 Å². The second kappa shape index (κ2) is 6.01. The van der Waals surface area contributed by atoms with Gasteiger partial charge in [0.15, 0.2) is 0 Å². The Kier molecular flexibility index (Phi) is 3.77. The van der Waals surface area contributed by atoms with E-state index < -0.39 is 0 Å². The number of hydrogen-bond acceptors (Lipinski definition) is 3. The molecule has 0 amide bonds. The van der Waals surface area contributed by atoms with Crippen molar-refractivity contribution in [3.8, 4) is 0 Å². The number of halogens is 1. The van der Waals surface area contributed by atoms with Crippen molar-refractivity contribution in [3.05, 3.63) is 63.5 Å². The molecule has 2 aromatic carbocycles. The van der Waals surface area contributed by atoms with Crippen molar-refractivity contribution in [2.45, 2.75) is 31.9 Å². The number of rotatable bonds is 1. The highest BCUT2D eigenvalue weighted by molar-refractivity contribution is 7.19. The molecule has 0 radical (unpaired) electrons. The lowest BCUT2D eigenvalue weighted by Crippen LogP contribution is -2.35. The summed E-state index contributed by atoms with van der Waals surface area (Å²) in [5, 5.41) is 5.85. The maximum absolute atomic E-state index is 6.80. The van der Waals surface area contributed by atoms with Gasteiger partial charge in [-0.3, -0.25) is 0 Å². The lowest BCUT2D eigenvalue weighted by atomic mass is 9.79. The van der Waals surface area contributed by atoms with Crippen LogP contribution in [0.5, 0.6) is 0 Å². The second-order valence-electron chi connectivity index (χ2n) is 7.09. The van der Waals surface area contributed by atoms with E-state index in [0.717, 1.165) is 23.4 Å². The quantitative estimate of drug-likeness (QED) is 0.528. The number of nitrogens with one attached hydrogen (secondary N) is 1. The standard InChI is InChI=1S/C21H20ClNOS/c1-12-8-9-16-15(11-12)20-14(6-4-10-24-20)19(23-16)21-18(22)13-5-2-3-7-17(13)25-21/h2-3,5,7-9,11,14,19-20,23H,4,6,10H2,1H3/t14-,19+,20-/m0/s1. The van der Waals surface area contributed by atoms with Crippen LogP contribution < -0.4 is 5.32 Å². The second-order valence-corrected chi connectivity index (χ2v) is 8.55. The molecule has 0 bridgehead atoms. The van der Waals surface area contributed by atoms with E-state index in [4.69, 9.17) is 16.3 Å². The summed E-state index contributed by atoms with van der Waals surface area (Å²) in [4.78, 5) is 1.24. The van der Waals surface area contributed by atoms with Crippen molar-refractivity contribution in [2.75, 3.05) is 11.9 Å². The highest BCUT2D eigenvalue weighted by atomic mass is 35.5. The van der Waals surface area contributed by atoms with Crippen LogP contribution in [0.4, 0.5) is 5.69 Å². The van der Waals surface area contributed by atoms with Crippen LogP contribution >= 0.6 is 22.9 Å². The maximum Gasteiger partial charge on any atom is 0.0896 e. The third kappa shape index (κ3) is 2.49. The van der Waals surface area contributed by atoms with Crippen LogP contribution in [0.3, 0.4) is 0 Å². The van der Waals surface area contributed by atoms with Gasteiger partial charge in [-0.25, -0.2) is 0 Å². The third-order valence-electron chi connectivity index (χ3n) is 5.46. The maximum atomic E-state index is 6.80. The largest absolute Gasteiger partial charge is 0.377 e. The molecule has 2 aliphatic rings. The van der Waals surface area contributed by atoms with Gasteiger partial charge >= 0.3 is 0 Å². The van der Waals surface area contributed by atoms with Crippen molar-refractivity contribution < 1.29 is 4.74 Å². The van der Waals surface area contributed by atoms with Crippen LogP contribution in [-0.2, 0) is 4.74 Å². The molecule has 128 valence electrons. The molecule has 4 heteroatoms. The summed E-state index contributed by atoms with van der Waals surface area (Å²) in [6.45, 7) is 2.99. The minimum absolute atomic E-state index is 0.163. The minimum atomic E-state index is 0.163. The van der Waals surface area contributed by atoms with Gasteiger partial charge in [0.2, 0.25) is 0 Å². The molecule has 2 aliphatic heterocycles. The zero-order chi connectivity index (χ0) is 17.0. The van der Waals surface area contributed by atoms with Crippen LogP contribution in [0.2, 0.25) is 5.02 Å². The monoisotopic (exact) mass is 369 g/mol. The summed E-state index contributed by atoms with van der Waals surface area (Å²) < 4.78 is 7.51. The van der Waals surface area contributed by atoms with Crippen LogP contribution in [-0.4, -0.2) is 6.61 Å². The average molecular weight is 370 g/mol. The van der Waals surface area contributed by atoms with E-state index in [-0.39, 0.29) is 12.1 Å². The van der Waals surface area contributed by atoms with Gasteiger partial charge in [0.25, 0.3) is 0 Å². The first-order chi connectivity index (χ1) is 12.2. The molecule has 5 rings (SSSR count). The Morgan fingerprint density at radius 3 is 2.96 bits per heavy atom. The fourth-order valence-electron chi connectivity index (χ4n) is 4.28. The van der Waals surface area contributed by atoms with Crippen LogP contribution in [0.25, 0.3) is 10.1 Å². The molecule has 1 aromatic heterocycles. The first-order valence-corrected chi connectivity index (χ1v) is 10.1. The lowest BCUT2D eigenvalue weighted by molar-refractivity contribution is -0.0378. The average Bonchev–Trinajstić information content (AvgIpc) is 2.98. The smallest absolute Gasteiger partial charge is 0.0896 e. The van der Waals surface area contributed by atoms with E-state index >= 15 is 0 Å². The Hall–Kier alpha value is -1.55. The Morgan fingerprint density at radius 1 is 1.20 bits per heavy atom. The Bertz CT molecular complexity index is 950. The predicted molar refractivity (Wildman–Crippen MR) is 106 cm³/mol. The summed E-state index contributed by atoms with van der Waals surface area (Å²) in [7, 11) is 0. The molecule has 1 N–H and O–H groups in total. The molecular weight excluding hydrogens is 350 g/mol. The van der Waals surface area contributed by atoms with E-state index in [1.807, 2.05) is 11.3 Å². The summed E-state index contributed by atoms with van der Waals surface area (Å²) in [6, 6.07) is 15.3. The van der Waals surface area contributed by atoms with Gasteiger partial charge in [-0.2, -0.15) is 0 Å². The van der Waals surface area contributed by atoms with Gasteiger partial charge in [0, 0.05) is 38.7 Å². The van der Waals surface area contributed by atoms with Gasteiger partial charge < -0.3 is 10.1 Å². The van der Waals surface area contributed by atoms with Gasteiger partial charge in [0.05, 0.1) is 17.2 Å². The Morgan fingerprint density at radius 2 is 2.08 bits per heavy atom. The van der Waals surface area contributed by atoms with Gasteiger partial charge in [-0.1, -0.05) is 47.5 Å². The zero-order valence-electron chi connectivity index (χ0n) is 14.1. The first-order valence-electron chi connectivity index (χ1n) is 8.88. The number of thiophene rings is 1. The van der Waals surface area contributed by atoms with E-state index in [1.165, 1.54) is 32.8 Å². The molecule has 0 unspecified atom stereocenters. The summed E-state index contributed by atoms with van der Waals surface area (Å²) in [6.07, 6.45) is 2.44. The first kappa shape index (κ1) is 15.7. The van der Waals surface area contributed by atoms with E-state index in [1.54, 1.807) is 0 Å². The number of ether oxygens (including phenoxy) is 1. The zero-order valence-corrected chi connectivity index (χ0v) is 15.7. The highest BCUT2D eigenvalue weighted by Crippen LogP contribution is 2.52. The predicted octanol–water partition coefficient (Wildman–Crippen LogP) is 6.50. The molecule has 2 nitrogen and oxygen atoms in total. The van der Waals surface area contributed by atoms with E-state index in [0.29, 0.717) is 5.92 Å². The van der Waals surface area contributed by atoms with Gasteiger partial charge in [0.1, 0.15) is 0 Å². The van der Waals surface area contributed by atoms with E-state index in [9.17, 15) is 0 Å². The normalized spacial score (nSPS) is 25.3. The molecule has 0 spiro atoms. The van der Waals surface area contributed by atoms with Crippen molar-refractivity contribution in [1.82, 2.24) is 0 Å². The van der Waals surface area contributed by atoms with Crippen molar-refractivity contribution in [1.29, 1.82) is 0 Å². The topological polar surface area (TPSA) is 21.3 Å². The van der Waals surface area contributed by atoms with Crippen molar-refractivity contribution in [2.24, 2.45) is 5.92 Å². The minimum Gasteiger partial charge on any atom is -0.377 e. The lowest BCUT2D eigenvalue weighted by Gasteiger charge is -2.43. The molecule has 3 aromatic rings. The number of hydrogen-bond donors (Lipinski definition) is 1.